The van der Waals surface area contributed by atoms with Crippen LogP contribution >= 0.6 is 0 Å². The minimum absolute atomic E-state index is 0.00697. The Morgan fingerprint density at radius 2 is 1.05 bits per heavy atom. The Balaban J connectivity index is 3.03. The van der Waals surface area contributed by atoms with Gasteiger partial charge < -0.3 is 0 Å². The van der Waals surface area contributed by atoms with Crippen molar-refractivity contribution in [3.63, 3.8) is 0 Å². The van der Waals surface area contributed by atoms with Crippen LogP contribution in [0.15, 0.2) is 0 Å². The van der Waals surface area contributed by atoms with E-state index in [0.717, 1.165) is 0 Å². The van der Waals surface area contributed by atoms with E-state index >= 15 is 0 Å². The van der Waals surface area contributed by atoms with Gasteiger partial charge in [0, 0.05) is 0 Å². The average Bonchev–Trinajstić information content (AvgIpc) is 2.09. The molecule has 0 radical (unpaired) electrons. The zero-order valence-corrected chi connectivity index (χ0v) is 11.8. The highest BCUT2D eigenvalue weighted by atomic mass is 32.2. The average molecular weight is 368 g/mol. The Morgan fingerprint density at radius 1 is 0.750 bits per heavy atom. The van der Waals surface area contributed by atoms with E-state index in [9.17, 15) is 43.2 Å². The molecule has 20 heavy (non-hydrogen) atoms. The van der Waals surface area contributed by atoms with Gasteiger partial charge in [-0.05, 0) is 18.5 Å². The van der Waals surface area contributed by atoms with E-state index in [1.54, 1.807) is 0 Å². The zero-order chi connectivity index (χ0) is 16.0. The molecule has 1 saturated heterocycles. The molecule has 0 spiro atoms. The molecule has 0 atom stereocenters. The molecule has 1 fully saturated rings. The van der Waals surface area contributed by atoms with Gasteiger partial charge in [-0.15, -0.1) is 0 Å². The van der Waals surface area contributed by atoms with Crippen molar-refractivity contribution in [3.05, 3.63) is 0 Å². The monoisotopic (exact) mass is 368 g/mol. The highest BCUT2D eigenvalue weighted by Gasteiger charge is 2.61. The van der Waals surface area contributed by atoms with Crippen molar-refractivity contribution in [1.29, 1.82) is 0 Å². The maximum atomic E-state index is 12.1. The number of hydrogen-bond donors (Lipinski definition) is 0. The van der Waals surface area contributed by atoms with Crippen molar-refractivity contribution >= 4 is 28.8 Å². The number of hydrogen-bond acceptors (Lipinski definition) is 6. The van der Waals surface area contributed by atoms with Crippen molar-refractivity contribution in [2.24, 2.45) is 0 Å². The zero-order valence-electron chi connectivity index (χ0n) is 9.16. The fourth-order valence-corrected chi connectivity index (χ4v) is 7.72. The first-order valence-electron chi connectivity index (χ1n) is 4.66. The molecule has 0 aromatic rings. The minimum atomic E-state index is -6.23. The lowest BCUT2D eigenvalue weighted by atomic mass is 10.5. The second-order valence-electron chi connectivity index (χ2n) is 3.73. The largest absolute Gasteiger partial charge is 0.522 e. The van der Waals surface area contributed by atoms with Crippen molar-refractivity contribution in [2.45, 2.75) is 29.5 Å². The molecule has 1 heterocycles. The third-order valence-electron chi connectivity index (χ3n) is 2.21. The molecule has 0 aromatic heterocycles. The van der Waals surface area contributed by atoms with Gasteiger partial charge in [-0.3, -0.25) is 7.74 Å². The van der Waals surface area contributed by atoms with Crippen molar-refractivity contribution < 1.29 is 50.9 Å². The van der Waals surface area contributed by atoms with Crippen LogP contribution in [0.3, 0.4) is 0 Å². The predicted octanol–water partition coefficient (Wildman–Crippen LogP) is 1.56. The highest BCUT2D eigenvalue weighted by Crippen LogP contribution is 2.42. The van der Waals surface area contributed by atoms with Gasteiger partial charge in [0.25, 0.3) is 0 Å². The van der Waals surface area contributed by atoms with Crippen LogP contribution < -0.4 is 0 Å². The highest BCUT2D eigenvalue weighted by molar-refractivity contribution is 7.90. The summed E-state index contributed by atoms with van der Waals surface area (Å²) in [7, 11) is -17.1. The Morgan fingerprint density at radius 3 is 1.20 bits per heavy atom. The summed E-state index contributed by atoms with van der Waals surface area (Å²) in [4.78, 5) is 0. The van der Waals surface area contributed by atoms with Crippen LogP contribution in [-0.2, 0) is 28.0 Å². The second-order valence-corrected chi connectivity index (χ2v) is 10.6. The van der Waals surface area contributed by atoms with Crippen molar-refractivity contribution in [1.82, 2.24) is 0 Å². The van der Waals surface area contributed by atoms with Gasteiger partial charge in [0.2, 0.25) is 0 Å². The van der Waals surface area contributed by atoms with E-state index in [1.807, 2.05) is 0 Å². The molecule has 0 aromatic carbocycles. The van der Waals surface area contributed by atoms with E-state index in [2.05, 4.69) is 7.74 Å². The summed E-state index contributed by atoms with van der Waals surface area (Å²) < 4.78 is 123. The Bertz CT molecular complexity index is 524. The molecule has 0 N–H and O–H groups in total. The molecular formula is C5H6F6O6S2Si. The molecule has 6 nitrogen and oxygen atoms in total. The van der Waals surface area contributed by atoms with Crippen LogP contribution in [0.25, 0.3) is 0 Å². The van der Waals surface area contributed by atoms with Gasteiger partial charge in [-0.25, -0.2) is 0 Å². The molecule has 15 heteroatoms. The molecular weight excluding hydrogens is 362 g/mol. The molecule has 0 amide bonds. The Hall–Kier alpha value is -0.383. The summed E-state index contributed by atoms with van der Waals surface area (Å²) in [6.07, 6.45) is -0.00697. The predicted molar refractivity (Wildman–Crippen MR) is 52.1 cm³/mol. The molecule has 0 bridgehead atoms. The molecule has 1 aliphatic heterocycles. The van der Waals surface area contributed by atoms with Gasteiger partial charge in [0.05, 0.1) is 0 Å². The smallest absolute Gasteiger partial charge is 0.276 e. The van der Waals surface area contributed by atoms with Crippen LogP contribution in [0.1, 0.15) is 6.42 Å². The van der Waals surface area contributed by atoms with Crippen LogP contribution in [0, 0.1) is 0 Å². The lowest BCUT2D eigenvalue weighted by Gasteiger charge is -2.35. The number of halogens is 6. The molecule has 0 saturated carbocycles. The quantitative estimate of drug-likeness (QED) is 0.425. The van der Waals surface area contributed by atoms with Gasteiger partial charge in [-0.2, -0.15) is 43.2 Å². The summed E-state index contributed by atoms with van der Waals surface area (Å²) >= 11 is 0. The van der Waals surface area contributed by atoms with Gasteiger partial charge in [0.1, 0.15) is 0 Å². The van der Waals surface area contributed by atoms with Gasteiger partial charge >= 0.3 is 39.8 Å². The molecule has 0 unspecified atom stereocenters. The van der Waals surface area contributed by atoms with Crippen LogP contribution in [-0.4, -0.2) is 36.4 Å². The molecule has 0 aliphatic carbocycles. The van der Waals surface area contributed by atoms with Crippen LogP contribution in [0.2, 0.25) is 12.1 Å². The number of rotatable bonds is 4. The van der Waals surface area contributed by atoms with E-state index in [0.29, 0.717) is 0 Å². The molecule has 1 rings (SSSR count). The third kappa shape index (κ3) is 3.44. The lowest BCUT2D eigenvalue weighted by Crippen LogP contribution is -2.54. The van der Waals surface area contributed by atoms with E-state index < -0.39 is 51.9 Å². The van der Waals surface area contributed by atoms with E-state index in [-0.39, 0.29) is 6.42 Å². The first-order chi connectivity index (χ1) is 8.62. The van der Waals surface area contributed by atoms with Gasteiger partial charge in [0.15, 0.2) is 0 Å². The summed E-state index contributed by atoms with van der Waals surface area (Å²) in [6.45, 7) is 0. The first-order valence-corrected chi connectivity index (χ1v) is 9.70. The Labute approximate surface area is 110 Å². The van der Waals surface area contributed by atoms with E-state index in [1.165, 1.54) is 0 Å². The maximum Gasteiger partial charge on any atom is 0.522 e. The first kappa shape index (κ1) is 17.7. The number of alkyl halides is 6. The van der Waals surface area contributed by atoms with Crippen LogP contribution in [0.5, 0.6) is 0 Å². The fraction of sp³-hybridized carbons (Fsp3) is 1.00. The normalized spacial score (nSPS) is 20.5. The summed E-state index contributed by atoms with van der Waals surface area (Å²) in [5, 5.41) is 0. The Kier molecular flexibility index (Phi) is 4.26. The van der Waals surface area contributed by atoms with Crippen molar-refractivity contribution in [3.8, 4) is 0 Å². The fourth-order valence-electron chi connectivity index (χ4n) is 1.14. The van der Waals surface area contributed by atoms with Crippen molar-refractivity contribution in [2.75, 3.05) is 0 Å². The maximum absolute atomic E-state index is 12.1. The van der Waals surface area contributed by atoms with Gasteiger partial charge in [-0.1, -0.05) is 0 Å². The van der Waals surface area contributed by atoms with Crippen LogP contribution in [0.4, 0.5) is 26.3 Å². The molecule has 120 valence electrons. The topological polar surface area (TPSA) is 86.7 Å². The summed E-state index contributed by atoms with van der Waals surface area (Å²) in [5.74, 6) is 0. The van der Waals surface area contributed by atoms with E-state index in [4.69, 9.17) is 0 Å². The minimum Gasteiger partial charge on any atom is -0.276 e. The third-order valence-corrected chi connectivity index (χ3v) is 9.76. The standard InChI is InChI=1S/C5H6F6O6S2Si/c6-4(7,8)18(12,13)16-20(2-1-3-20)17-19(14,15)5(9,10)11/h1-3H2. The molecule has 1 aliphatic rings. The summed E-state index contributed by atoms with van der Waals surface area (Å²) in [6, 6.07) is -1.23. The summed E-state index contributed by atoms with van der Waals surface area (Å²) in [5.41, 5.74) is -11.8. The SMILES string of the molecule is O=S(=O)(O[Si]1(OS(=O)(=O)C(F)(F)F)CCC1)C(F)(F)F. The lowest BCUT2D eigenvalue weighted by molar-refractivity contribution is -0.0536. The second kappa shape index (κ2) is 4.82.